The first-order chi connectivity index (χ1) is 20.9. The van der Waals surface area contributed by atoms with Gasteiger partial charge in [0.15, 0.2) is 11.0 Å². The Morgan fingerprint density at radius 1 is 0.977 bits per heavy atom. The SMILES string of the molecule is CC1(O)CCCN(c2nc(OCC3(CO[Si](c4ccccc4)(c4ccccc4)C(C)(C)C)CC3)nc3c(F)c(Cl)ncc23)C1. The average molecular weight is 635 g/mol. The number of benzene rings is 2. The summed E-state index contributed by atoms with van der Waals surface area (Å²) in [5, 5.41) is 13.3. The third-order valence-electron chi connectivity index (χ3n) is 9.05. The maximum atomic E-state index is 15.2. The number of hydrogen-bond acceptors (Lipinski definition) is 7. The summed E-state index contributed by atoms with van der Waals surface area (Å²) in [5.74, 6) is -0.223. The third-order valence-corrected chi connectivity index (χ3v) is 14.3. The van der Waals surface area contributed by atoms with Gasteiger partial charge in [0.25, 0.3) is 8.32 Å². The van der Waals surface area contributed by atoms with Crippen LogP contribution in [0.4, 0.5) is 10.2 Å². The molecule has 1 N–H and O–H groups in total. The second-order valence-corrected chi connectivity index (χ2v) is 18.4. The number of halogens is 2. The Kier molecular flexibility index (Phi) is 8.20. The smallest absolute Gasteiger partial charge is 0.319 e. The van der Waals surface area contributed by atoms with Crippen molar-refractivity contribution in [3.8, 4) is 6.01 Å². The number of fused-ring (bicyclic) bond motifs is 1. The largest absolute Gasteiger partial charge is 0.463 e. The molecular weight excluding hydrogens is 595 g/mol. The molecular formula is C34H40ClFN4O3Si. The van der Waals surface area contributed by atoms with E-state index in [9.17, 15) is 5.11 Å². The molecule has 0 spiro atoms. The number of anilines is 1. The van der Waals surface area contributed by atoms with Gasteiger partial charge in [-0.3, -0.25) is 0 Å². The van der Waals surface area contributed by atoms with Crippen LogP contribution in [-0.4, -0.2) is 60.3 Å². The molecule has 0 bridgehead atoms. The van der Waals surface area contributed by atoms with Crippen molar-refractivity contribution < 1.29 is 18.7 Å². The standard InChI is InChI=1S/C34H40ClFN4O3Si/c1-32(2,3)44(24-12-7-5-8-13-24,25-14-9-6-10-15-25)43-23-34(17-18-34)22-42-31-38-28-26(20-37-29(35)27(28)36)30(39-31)40-19-11-16-33(4,41)21-40/h5-10,12-15,20,41H,11,16-19,21-23H2,1-4H3. The van der Waals surface area contributed by atoms with E-state index in [-0.39, 0.29) is 27.1 Å². The summed E-state index contributed by atoms with van der Waals surface area (Å²) in [6, 6.07) is 21.3. The fourth-order valence-corrected chi connectivity index (χ4v) is 11.3. The van der Waals surface area contributed by atoms with Crippen LogP contribution >= 0.6 is 11.6 Å². The van der Waals surface area contributed by atoms with Crippen LogP contribution in [0.1, 0.15) is 53.4 Å². The highest BCUT2D eigenvalue weighted by molar-refractivity contribution is 6.99. The first-order valence-electron chi connectivity index (χ1n) is 15.3. The molecule has 2 fully saturated rings. The summed E-state index contributed by atoms with van der Waals surface area (Å²) in [4.78, 5) is 15.1. The van der Waals surface area contributed by atoms with Crippen LogP contribution in [0, 0.1) is 11.2 Å². The summed E-state index contributed by atoms with van der Waals surface area (Å²) in [7, 11) is -2.71. The fraction of sp³-hybridized carbons (Fsp3) is 0.441. The molecule has 4 aromatic rings. The number of aromatic nitrogens is 3. The number of hydrogen-bond donors (Lipinski definition) is 1. The number of aliphatic hydroxyl groups is 1. The zero-order valence-corrected chi connectivity index (χ0v) is 27.6. The van der Waals surface area contributed by atoms with Crippen LogP contribution in [0.25, 0.3) is 10.9 Å². The molecule has 6 rings (SSSR count). The predicted octanol–water partition coefficient (Wildman–Crippen LogP) is 5.90. The molecule has 1 aliphatic carbocycles. The molecule has 2 aliphatic rings. The topological polar surface area (TPSA) is 80.6 Å². The molecule has 2 aromatic heterocycles. The Morgan fingerprint density at radius 3 is 2.18 bits per heavy atom. The summed E-state index contributed by atoms with van der Waals surface area (Å²) in [6.07, 6.45) is 4.85. The predicted molar refractivity (Wildman–Crippen MR) is 175 cm³/mol. The first-order valence-corrected chi connectivity index (χ1v) is 17.6. The minimum Gasteiger partial charge on any atom is -0.463 e. The highest BCUT2D eigenvalue weighted by Crippen LogP contribution is 2.48. The lowest BCUT2D eigenvalue weighted by Gasteiger charge is -2.43. The van der Waals surface area contributed by atoms with Gasteiger partial charge in [-0.05, 0) is 48.0 Å². The quantitative estimate of drug-likeness (QED) is 0.181. The lowest BCUT2D eigenvalue weighted by molar-refractivity contribution is 0.0447. The normalized spacial score (nSPS) is 20.1. The van der Waals surface area contributed by atoms with E-state index in [1.807, 2.05) is 17.0 Å². The molecule has 1 saturated carbocycles. The molecule has 0 amide bonds. The lowest BCUT2D eigenvalue weighted by Crippen LogP contribution is -2.67. The summed E-state index contributed by atoms with van der Waals surface area (Å²) in [5.41, 5.74) is -1.02. The molecule has 7 nitrogen and oxygen atoms in total. The molecule has 3 heterocycles. The highest BCUT2D eigenvalue weighted by atomic mass is 35.5. The molecule has 0 radical (unpaired) electrons. The number of piperidine rings is 1. The molecule has 1 atom stereocenters. The molecule has 1 unspecified atom stereocenters. The van der Waals surface area contributed by atoms with E-state index in [0.717, 1.165) is 19.3 Å². The second kappa shape index (κ2) is 11.7. The van der Waals surface area contributed by atoms with Crippen LogP contribution in [0.5, 0.6) is 6.01 Å². The van der Waals surface area contributed by atoms with Crippen LogP contribution in [0.3, 0.4) is 0 Å². The Hall–Kier alpha value is -3.11. The first kappa shape index (κ1) is 30.9. The second-order valence-electron chi connectivity index (χ2n) is 13.7. The van der Waals surface area contributed by atoms with Crippen molar-refractivity contribution in [3.63, 3.8) is 0 Å². The van der Waals surface area contributed by atoms with Gasteiger partial charge >= 0.3 is 6.01 Å². The Labute approximate surface area is 264 Å². The van der Waals surface area contributed by atoms with Crippen LogP contribution in [0.15, 0.2) is 66.9 Å². The van der Waals surface area contributed by atoms with Gasteiger partial charge in [0.2, 0.25) is 0 Å². The maximum absolute atomic E-state index is 15.2. The number of pyridine rings is 1. The Balaban J connectivity index is 1.29. The van der Waals surface area contributed by atoms with E-state index in [0.29, 0.717) is 43.9 Å². The Bertz CT molecular complexity index is 1590. The van der Waals surface area contributed by atoms with Gasteiger partial charge in [-0.25, -0.2) is 9.37 Å². The molecule has 1 saturated heterocycles. The summed E-state index contributed by atoms with van der Waals surface area (Å²) < 4.78 is 28.7. The number of nitrogens with zero attached hydrogens (tertiary/aromatic N) is 4. The van der Waals surface area contributed by atoms with Gasteiger partial charge in [0.1, 0.15) is 11.3 Å². The van der Waals surface area contributed by atoms with Crippen molar-refractivity contribution in [1.82, 2.24) is 15.0 Å². The van der Waals surface area contributed by atoms with E-state index >= 15 is 4.39 Å². The van der Waals surface area contributed by atoms with E-state index in [1.165, 1.54) is 16.6 Å². The molecule has 232 valence electrons. The van der Waals surface area contributed by atoms with Gasteiger partial charge in [-0.1, -0.05) is 93.0 Å². The van der Waals surface area contributed by atoms with Crippen molar-refractivity contribution in [2.75, 3.05) is 31.2 Å². The molecule has 1 aliphatic heterocycles. The van der Waals surface area contributed by atoms with E-state index in [4.69, 9.17) is 25.7 Å². The highest BCUT2D eigenvalue weighted by Gasteiger charge is 2.53. The van der Waals surface area contributed by atoms with Gasteiger partial charge in [-0.15, -0.1) is 0 Å². The van der Waals surface area contributed by atoms with Gasteiger partial charge in [-0.2, -0.15) is 9.97 Å². The average Bonchev–Trinajstić information content (AvgIpc) is 3.78. The van der Waals surface area contributed by atoms with E-state index < -0.39 is 19.7 Å². The van der Waals surface area contributed by atoms with Crippen LogP contribution in [-0.2, 0) is 4.43 Å². The zero-order chi connectivity index (χ0) is 31.2. The summed E-state index contributed by atoms with van der Waals surface area (Å²) in [6.45, 7) is 10.5. The van der Waals surface area contributed by atoms with Gasteiger partial charge in [0.05, 0.1) is 17.6 Å². The maximum Gasteiger partial charge on any atom is 0.319 e. The van der Waals surface area contributed by atoms with Crippen LogP contribution in [0.2, 0.25) is 10.2 Å². The minimum atomic E-state index is -2.71. The lowest BCUT2D eigenvalue weighted by atomic mass is 9.95. The van der Waals surface area contributed by atoms with Gasteiger partial charge in [0, 0.05) is 31.3 Å². The Morgan fingerprint density at radius 2 is 1.61 bits per heavy atom. The van der Waals surface area contributed by atoms with Crippen molar-refractivity contribution in [2.24, 2.45) is 5.41 Å². The number of β-amino-alcohol motifs (C(OH)–C–C–N with tert-alkyl or cyclic N) is 1. The van der Waals surface area contributed by atoms with Crippen molar-refractivity contribution >= 4 is 47.0 Å². The molecule has 2 aromatic carbocycles. The third kappa shape index (κ3) is 5.95. The fourth-order valence-electron chi connectivity index (χ4n) is 6.45. The summed E-state index contributed by atoms with van der Waals surface area (Å²) >= 11 is 6.05. The zero-order valence-electron chi connectivity index (χ0n) is 25.8. The van der Waals surface area contributed by atoms with E-state index in [1.54, 1.807) is 6.92 Å². The van der Waals surface area contributed by atoms with Crippen molar-refractivity contribution in [2.45, 2.75) is 64.0 Å². The molecule has 44 heavy (non-hydrogen) atoms. The monoisotopic (exact) mass is 634 g/mol. The minimum absolute atomic E-state index is 0.0589. The molecule has 10 heteroatoms. The number of rotatable bonds is 9. The number of ether oxygens (including phenoxy) is 1. The van der Waals surface area contributed by atoms with Crippen LogP contribution < -0.4 is 20.0 Å². The van der Waals surface area contributed by atoms with Crippen molar-refractivity contribution in [3.05, 3.63) is 77.8 Å². The van der Waals surface area contributed by atoms with Crippen molar-refractivity contribution in [1.29, 1.82) is 0 Å². The van der Waals surface area contributed by atoms with E-state index in [2.05, 4.69) is 79.3 Å². The van der Waals surface area contributed by atoms with Gasteiger partial charge < -0.3 is 19.2 Å².